The van der Waals surface area contributed by atoms with Gasteiger partial charge in [0.05, 0.1) is 0 Å². The van der Waals surface area contributed by atoms with Gasteiger partial charge < -0.3 is 5.32 Å². The quantitative estimate of drug-likeness (QED) is 0.693. The van der Waals surface area contributed by atoms with Crippen LogP contribution in [0.5, 0.6) is 0 Å². The smallest absolute Gasteiger partial charge is 0.00462 e. The molecule has 0 atom stereocenters. The SMILES string of the molecule is C\C=C/C=C(\C=C/C)CC1CCNCC1. The van der Waals surface area contributed by atoms with Crippen molar-refractivity contribution in [1.29, 1.82) is 0 Å². The van der Waals surface area contributed by atoms with Crippen LogP contribution < -0.4 is 5.32 Å². The van der Waals surface area contributed by atoms with Gasteiger partial charge in [-0.25, -0.2) is 0 Å². The third kappa shape index (κ3) is 4.98. The standard InChI is InChI=1S/C14H23N/c1-3-5-7-13(6-4-2)12-14-8-10-15-11-9-14/h3-7,14-15H,8-12H2,1-2H3/b5-3-,6-4-,13-7+. The van der Waals surface area contributed by atoms with Gasteiger partial charge in [0.25, 0.3) is 0 Å². The van der Waals surface area contributed by atoms with Crippen molar-refractivity contribution in [1.82, 2.24) is 5.32 Å². The molecule has 1 heterocycles. The molecule has 1 nitrogen and oxygen atoms in total. The van der Waals surface area contributed by atoms with Crippen molar-refractivity contribution in [3.63, 3.8) is 0 Å². The molecule has 0 saturated carbocycles. The number of rotatable bonds is 4. The van der Waals surface area contributed by atoms with Gasteiger partial charge in [-0.15, -0.1) is 0 Å². The molecule has 1 aliphatic rings. The Kier molecular flexibility index (Phi) is 6.10. The molecule has 0 aromatic carbocycles. The van der Waals surface area contributed by atoms with Gasteiger partial charge in [-0.1, -0.05) is 30.4 Å². The number of allylic oxidation sites excluding steroid dienone is 6. The van der Waals surface area contributed by atoms with E-state index in [-0.39, 0.29) is 0 Å². The lowest BCUT2D eigenvalue weighted by atomic mass is 9.90. The predicted octanol–water partition coefficient (Wildman–Crippen LogP) is 3.45. The zero-order chi connectivity index (χ0) is 10.9. The van der Waals surface area contributed by atoms with E-state index in [4.69, 9.17) is 0 Å². The maximum Gasteiger partial charge on any atom is -0.00462 e. The first-order valence-electron chi connectivity index (χ1n) is 6.02. The first-order valence-corrected chi connectivity index (χ1v) is 6.02. The molecule has 1 rings (SSSR count). The van der Waals surface area contributed by atoms with Crippen LogP contribution in [0.1, 0.15) is 33.1 Å². The van der Waals surface area contributed by atoms with Crippen LogP contribution in [0.2, 0.25) is 0 Å². The van der Waals surface area contributed by atoms with E-state index in [0.717, 1.165) is 5.92 Å². The molecule has 0 aliphatic carbocycles. The summed E-state index contributed by atoms with van der Waals surface area (Å²) in [5, 5.41) is 3.41. The molecule has 0 aromatic heterocycles. The fourth-order valence-corrected chi connectivity index (χ4v) is 2.04. The molecule has 1 fully saturated rings. The fourth-order valence-electron chi connectivity index (χ4n) is 2.04. The van der Waals surface area contributed by atoms with Gasteiger partial charge in [-0.05, 0) is 57.7 Å². The highest BCUT2D eigenvalue weighted by Gasteiger charge is 2.13. The predicted molar refractivity (Wildman–Crippen MR) is 67.9 cm³/mol. The highest BCUT2D eigenvalue weighted by molar-refractivity contribution is 5.23. The lowest BCUT2D eigenvalue weighted by Gasteiger charge is -2.22. The van der Waals surface area contributed by atoms with Gasteiger partial charge in [-0.2, -0.15) is 0 Å². The lowest BCUT2D eigenvalue weighted by molar-refractivity contribution is 0.374. The van der Waals surface area contributed by atoms with Crippen LogP contribution in [0.3, 0.4) is 0 Å². The van der Waals surface area contributed by atoms with Crippen LogP contribution in [0.4, 0.5) is 0 Å². The molecule has 0 bridgehead atoms. The molecular formula is C14H23N. The second-order valence-corrected chi connectivity index (χ2v) is 4.16. The summed E-state index contributed by atoms with van der Waals surface area (Å²) < 4.78 is 0. The minimum Gasteiger partial charge on any atom is -0.317 e. The number of hydrogen-bond acceptors (Lipinski definition) is 1. The van der Waals surface area contributed by atoms with E-state index in [2.05, 4.69) is 49.5 Å². The van der Waals surface area contributed by atoms with Crippen LogP contribution in [0, 0.1) is 5.92 Å². The Hall–Kier alpha value is -0.820. The number of piperidine rings is 1. The molecule has 0 spiro atoms. The summed E-state index contributed by atoms with van der Waals surface area (Å²) in [7, 11) is 0. The Morgan fingerprint density at radius 2 is 1.93 bits per heavy atom. The minimum absolute atomic E-state index is 0.874. The zero-order valence-electron chi connectivity index (χ0n) is 10.00. The summed E-state index contributed by atoms with van der Waals surface area (Å²) in [6, 6.07) is 0. The second kappa shape index (κ2) is 7.47. The minimum atomic E-state index is 0.874. The lowest BCUT2D eigenvalue weighted by Crippen LogP contribution is -2.27. The maximum atomic E-state index is 3.41. The van der Waals surface area contributed by atoms with E-state index in [0.29, 0.717) is 0 Å². The van der Waals surface area contributed by atoms with Gasteiger partial charge in [0.15, 0.2) is 0 Å². The molecule has 15 heavy (non-hydrogen) atoms. The van der Waals surface area contributed by atoms with Gasteiger partial charge in [0.2, 0.25) is 0 Å². The first-order chi connectivity index (χ1) is 7.36. The van der Waals surface area contributed by atoms with Crippen LogP contribution in [-0.4, -0.2) is 13.1 Å². The van der Waals surface area contributed by atoms with E-state index in [9.17, 15) is 0 Å². The van der Waals surface area contributed by atoms with Gasteiger partial charge in [-0.3, -0.25) is 0 Å². The molecule has 1 N–H and O–H groups in total. The second-order valence-electron chi connectivity index (χ2n) is 4.16. The Balaban J connectivity index is 2.49. The van der Waals surface area contributed by atoms with E-state index in [1.165, 1.54) is 37.9 Å². The molecule has 1 aliphatic heterocycles. The van der Waals surface area contributed by atoms with Crippen molar-refractivity contribution in [2.75, 3.05) is 13.1 Å². The Morgan fingerprint density at radius 1 is 1.20 bits per heavy atom. The van der Waals surface area contributed by atoms with Crippen molar-refractivity contribution in [3.8, 4) is 0 Å². The first kappa shape index (κ1) is 12.3. The monoisotopic (exact) mass is 205 g/mol. The normalized spacial score (nSPS) is 20.5. The average molecular weight is 205 g/mol. The molecule has 0 amide bonds. The van der Waals surface area contributed by atoms with E-state index >= 15 is 0 Å². The molecule has 0 radical (unpaired) electrons. The zero-order valence-corrected chi connectivity index (χ0v) is 10.00. The Morgan fingerprint density at radius 3 is 2.53 bits per heavy atom. The highest BCUT2D eigenvalue weighted by atomic mass is 14.9. The Labute approximate surface area is 94.0 Å². The van der Waals surface area contributed by atoms with Crippen molar-refractivity contribution >= 4 is 0 Å². The Bertz CT molecular complexity index is 242. The largest absolute Gasteiger partial charge is 0.317 e. The van der Waals surface area contributed by atoms with E-state index < -0.39 is 0 Å². The molecule has 1 saturated heterocycles. The summed E-state index contributed by atoms with van der Waals surface area (Å²) in [6.45, 7) is 6.54. The summed E-state index contributed by atoms with van der Waals surface area (Å²) in [5.74, 6) is 0.874. The summed E-state index contributed by atoms with van der Waals surface area (Å²) >= 11 is 0. The molecule has 0 unspecified atom stereocenters. The van der Waals surface area contributed by atoms with E-state index in [1.54, 1.807) is 0 Å². The van der Waals surface area contributed by atoms with Gasteiger partial charge in [0.1, 0.15) is 0 Å². The van der Waals surface area contributed by atoms with Crippen LogP contribution in [0.25, 0.3) is 0 Å². The van der Waals surface area contributed by atoms with Crippen molar-refractivity contribution < 1.29 is 0 Å². The highest BCUT2D eigenvalue weighted by Crippen LogP contribution is 2.21. The molecule has 0 aromatic rings. The van der Waals surface area contributed by atoms with Crippen molar-refractivity contribution in [2.45, 2.75) is 33.1 Å². The van der Waals surface area contributed by atoms with Crippen molar-refractivity contribution in [3.05, 3.63) is 36.0 Å². The third-order valence-electron chi connectivity index (χ3n) is 2.87. The third-order valence-corrected chi connectivity index (χ3v) is 2.87. The number of nitrogens with one attached hydrogen (secondary N) is 1. The van der Waals surface area contributed by atoms with Crippen LogP contribution in [-0.2, 0) is 0 Å². The summed E-state index contributed by atoms with van der Waals surface area (Å²) in [4.78, 5) is 0. The van der Waals surface area contributed by atoms with Crippen molar-refractivity contribution in [2.24, 2.45) is 5.92 Å². The van der Waals surface area contributed by atoms with Gasteiger partial charge >= 0.3 is 0 Å². The number of hydrogen-bond donors (Lipinski definition) is 1. The average Bonchev–Trinajstić information content (AvgIpc) is 2.28. The van der Waals surface area contributed by atoms with Crippen LogP contribution in [0.15, 0.2) is 36.0 Å². The van der Waals surface area contributed by atoms with Crippen LogP contribution >= 0.6 is 0 Å². The van der Waals surface area contributed by atoms with E-state index in [1.807, 2.05) is 0 Å². The molecule has 1 heteroatoms. The van der Waals surface area contributed by atoms with Gasteiger partial charge in [0, 0.05) is 0 Å². The topological polar surface area (TPSA) is 12.0 Å². The summed E-state index contributed by atoms with van der Waals surface area (Å²) in [5.41, 5.74) is 1.46. The fraction of sp³-hybridized carbons (Fsp3) is 0.571. The molecular weight excluding hydrogens is 182 g/mol. The molecule has 84 valence electrons. The summed E-state index contributed by atoms with van der Waals surface area (Å²) in [6.07, 6.45) is 14.7. The maximum absolute atomic E-state index is 3.41.